The number of phenolic OH excluding ortho intramolecular Hbond substituents is 1. The molecular formula is C70H110N4O7. The second-order valence-electron chi connectivity index (χ2n) is 23.1. The molecule has 81 heavy (non-hydrogen) atoms. The molecule has 2 heterocycles. The summed E-state index contributed by atoms with van der Waals surface area (Å²) >= 11 is 0. The van der Waals surface area contributed by atoms with Gasteiger partial charge in [0.1, 0.15) is 5.75 Å². The minimum absolute atomic E-state index is 0.000131. The molecule has 0 spiro atoms. The molecule has 11 nitrogen and oxygen atoms in total. The molecule has 2 aromatic heterocycles. The van der Waals surface area contributed by atoms with Gasteiger partial charge in [-0.25, -0.2) is 0 Å². The van der Waals surface area contributed by atoms with Gasteiger partial charge >= 0.3 is 0 Å². The average Bonchev–Trinajstić information content (AvgIpc) is 4.22. The molecule has 0 aliphatic heterocycles. The number of hydrogen-bond acceptors (Lipinski definition) is 11. The summed E-state index contributed by atoms with van der Waals surface area (Å²) in [6.45, 7) is 11.6. The second-order valence-corrected chi connectivity index (χ2v) is 23.1. The van der Waals surface area contributed by atoms with Crippen LogP contribution in [0.15, 0.2) is 63.6 Å². The van der Waals surface area contributed by atoms with Crippen LogP contribution in [0, 0.1) is 0 Å². The molecule has 0 unspecified atom stereocenters. The Balaban J connectivity index is 1.21. The Morgan fingerprint density at radius 1 is 0.296 bits per heavy atom. The largest absolute Gasteiger partial charge is 0.508 e. The van der Waals surface area contributed by atoms with Gasteiger partial charge in [-0.3, -0.25) is 0 Å². The Kier molecular flexibility index (Phi) is 35.9. The van der Waals surface area contributed by atoms with Gasteiger partial charge in [-0.2, -0.15) is 9.97 Å². The zero-order valence-corrected chi connectivity index (χ0v) is 51.5. The van der Waals surface area contributed by atoms with Crippen LogP contribution in [0.2, 0.25) is 0 Å². The summed E-state index contributed by atoms with van der Waals surface area (Å²) in [5, 5.41) is 19.8. The number of benzene rings is 3. The molecule has 11 heteroatoms. The van der Waals surface area contributed by atoms with E-state index in [2.05, 4.69) is 38.0 Å². The maximum atomic E-state index is 11.0. The number of aromatic hydroxyl groups is 1. The summed E-state index contributed by atoms with van der Waals surface area (Å²) in [5.74, 6) is 4.14. The van der Waals surface area contributed by atoms with E-state index < -0.39 is 0 Å². The van der Waals surface area contributed by atoms with Crippen molar-refractivity contribution in [1.82, 2.24) is 20.3 Å². The van der Waals surface area contributed by atoms with Gasteiger partial charge in [0, 0.05) is 22.3 Å². The zero-order valence-electron chi connectivity index (χ0n) is 51.5. The molecule has 5 aromatic rings. The molecule has 452 valence electrons. The summed E-state index contributed by atoms with van der Waals surface area (Å²) in [7, 11) is 0. The zero-order chi connectivity index (χ0) is 57.1. The summed E-state index contributed by atoms with van der Waals surface area (Å²) in [4.78, 5) is 9.60. The fourth-order valence-corrected chi connectivity index (χ4v) is 10.6. The van der Waals surface area contributed by atoms with E-state index in [-0.39, 0.29) is 17.5 Å². The third-order valence-corrected chi connectivity index (χ3v) is 15.7. The van der Waals surface area contributed by atoms with E-state index in [0.29, 0.717) is 60.7 Å². The van der Waals surface area contributed by atoms with Crippen LogP contribution in [0.1, 0.15) is 285 Å². The lowest BCUT2D eigenvalue weighted by atomic mass is 10.1. The van der Waals surface area contributed by atoms with Crippen molar-refractivity contribution in [3.63, 3.8) is 0 Å². The molecule has 1 N–H and O–H groups in total. The van der Waals surface area contributed by atoms with Crippen molar-refractivity contribution < 1.29 is 33.1 Å². The lowest BCUT2D eigenvalue weighted by Crippen LogP contribution is -2.03. The Morgan fingerprint density at radius 3 is 0.840 bits per heavy atom. The van der Waals surface area contributed by atoms with Gasteiger partial charge in [0.25, 0.3) is 11.8 Å². The molecule has 0 aliphatic rings. The van der Waals surface area contributed by atoms with Crippen LogP contribution in [0.3, 0.4) is 0 Å². The minimum atomic E-state index is 0.000131. The predicted molar refractivity (Wildman–Crippen MR) is 335 cm³/mol. The molecule has 3 aromatic carbocycles. The number of hydrogen-bond donors (Lipinski definition) is 1. The molecule has 0 radical (unpaired) electrons. The Bertz CT molecular complexity index is 2170. The van der Waals surface area contributed by atoms with Gasteiger partial charge in [-0.1, -0.05) is 269 Å². The van der Waals surface area contributed by atoms with Gasteiger partial charge in [0.15, 0.2) is 23.0 Å². The van der Waals surface area contributed by atoms with Crippen LogP contribution in [-0.4, -0.2) is 51.8 Å². The SMILES string of the molecule is CCCCCCCCCCCCOc1ccc(-c2noc(-c3cc(O)cc(-c4nc(-c5ccc(OCCCCCCCCCCCC)c(OCCCCCCCCCCCC)c5)no4)c3)n2)cc1OCCCCCCCCCCCC. The van der Waals surface area contributed by atoms with Crippen molar-refractivity contribution in [2.45, 2.75) is 285 Å². The lowest BCUT2D eigenvalue weighted by Gasteiger charge is -2.14. The van der Waals surface area contributed by atoms with E-state index in [1.165, 1.54) is 205 Å². The minimum Gasteiger partial charge on any atom is -0.508 e. The number of rotatable bonds is 52. The van der Waals surface area contributed by atoms with E-state index in [0.717, 1.165) is 74.0 Å². The second kappa shape index (κ2) is 43.6. The van der Waals surface area contributed by atoms with Crippen LogP contribution in [-0.2, 0) is 0 Å². The molecule has 0 saturated carbocycles. The first-order valence-electron chi connectivity index (χ1n) is 33.3. The van der Waals surface area contributed by atoms with Gasteiger partial charge in [-0.15, -0.1) is 0 Å². The first-order chi connectivity index (χ1) is 40.0. The molecule has 0 fully saturated rings. The van der Waals surface area contributed by atoms with Gasteiger partial charge in [0.2, 0.25) is 11.6 Å². The molecular weight excluding hydrogens is 1010 g/mol. The van der Waals surface area contributed by atoms with Crippen LogP contribution in [0.4, 0.5) is 0 Å². The van der Waals surface area contributed by atoms with E-state index >= 15 is 0 Å². The van der Waals surface area contributed by atoms with Crippen LogP contribution in [0.5, 0.6) is 28.7 Å². The van der Waals surface area contributed by atoms with Gasteiger partial charge in [-0.05, 0) is 80.3 Å². The first-order valence-corrected chi connectivity index (χ1v) is 33.3. The first kappa shape index (κ1) is 66.7. The third kappa shape index (κ3) is 28.2. The molecule has 0 amide bonds. The molecule has 0 atom stereocenters. The van der Waals surface area contributed by atoms with E-state index in [1.54, 1.807) is 12.1 Å². The third-order valence-electron chi connectivity index (χ3n) is 15.7. The molecule has 0 saturated heterocycles. The standard InChI is InChI=1S/C70H110N4O7/c1-5-9-13-17-21-25-29-33-37-41-49-76-63-47-45-58(56-65(63)78-51-43-39-35-31-27-23-19-15-11-7-3)67-71-69(80-73-67)60-53-61(55-62(75)54-60)70-72-68(74-81-70)59-46-48-64(77-50-42-38-34-30-26-22-18-14-10-6-2)66(57-59)79-52-44-40-36-32-28-24-20-16-12-8-4/h45-48,53-57,75H,5-44,49-52H2,1-4H3. The van der Waals surface area contributed by atoms with E-state index in [9.17, 15) is 5.11 Å². The number of nitrogens with zero attached hydrogens (tertiary/aromatic N) is 4. The number of unbranched alkanes of at least 4 members (excludes halogenated alkanes) is 36. The summed E-state index contributed by atoms with van der Waals surface area (Å²) in [6.07, 6.45) is 50.9. The fourth-order valence-electron chi connectivity index (χ4n) is 10.6. The Morgan fingerprint density at radius 2 is 0.556 bits per heavy atom. The maximum Gasteiger partial charge on any atom is 0.258 e. The fraction of sp³-hybridized carbons (Fsp3) is 0.686. The van der Waals surface area contributed by atoms with Crippen molar-refractivity contribution in [2.24, 2.45) is 0 Å². The number of phenols is 1. The maximum absolute atomic E-state index is 11.0. The number of ether oxygens (including phenoxy) is 4. The van der Waals surface area contributed by atoms with Crippen molar-refractivity contribution in [2.75, 3.05) is 26.4 Å². The monoisotopic (exact) mass is 1120 g/mol. The van der Waals surface area contributed by atoms with E-state index in [4.69, 9.17) is 38.0 Å². The predicted octanol–water partition coefficient (Wildman–Crippen LogP) is 22.0. The summed E-state index contributed by atoms with van der Waals surface area (Å²) in [6, 6.07) is 16.7. The van der Waals surface area contributed by atoms with Crippen LogP contribution >= 0.6 is 0 Å². The van der Waals surface area contributed by atoms with E-state index in [1.807, 2.05) is 42.5 Å². The highest BCUT2D eigenvalue weighted by Gasteiger charge is 2.19. The van der Waals surface area contributed by atoms with Gasteiger partial charge < -0.3 is 33.1 Å². The normalized spacial score (nSPS) is 11.5. The smallest absolute Gasteiger partial charge is 0.258 e. The highest BCUT2D eigenvalue weighted by Crippen LogP contribution is 2.37. The molecule has 0 aliphatic carbocycles. The van der Waals surface area contributed by atoms with Crippen LogP contribution < -0.4 is 18.9 Å². The Labute approximate surface area is 491 Å². The highest BCUT2D eigenvalue weighted by molar-refractivity contribution is 5.70. The quantitative estimate of drug-likeness (QED) is 0.0373. The lowest BCUT2D eigenvalue weighted by molar-refractivity contribution is 0.258. The van der Waals surface area contributed by atoms with Crippen molar-refractivity contribution >= 4 is 0 Å². The topological polar surface area (TPSA) is 135 Å². The summed E-state index contributed by atoms with van der Waals surface area (Å²) in [5.41, 5.74) is 2.53. The average molecular weight is 1120 g/mol. The van der Waals surface area contributed by atoms with Crippen molar-refractivity contribution in [1.29, 1.82) is 0 Å². The Hall–Kier alpha value is -5.06. The van der Waals surface area contributed by atoms with Crippen molar-refractivity contribution in [3.8, 4) is 74.4 Å². The van der Waals surface area contributed by atoms with Crippen LogP contribution in [0.25, 0.3) is 45.7 Å². The highest BCUT2D eigenvalue weighted by atomic mass is 16.5. The summed E-state index contributed by atoms with van der Waals surface area (Å²) < 4.78 is 37.3. The number of aromatic nitrogens is 4. The van der Waals surface area contributed by atoms with Gasteiger partial charge in [0.05, 0.1) is 26.4 Å². The molecule has 0 bridgehead atoms. The van der Waals surface area contributed by atoms with Crippen molar-refractivity contribution in [3.05, 3.63) is 54.6 Å². The molecule has 5 rings (SSSR count).